The number of rotatable bonds is 13. The summed E-state index contributed by atoms with van der Waals surface area (Å²) in [6.45, 7) is 4.15. The van der Waals surface area contributed by atoms with Crippen molar-refractivity contribution in [2.24, 2.45) is 11.0 Å². The van der Waals surface area contributed by atoms with Crippen LogP contribution in [0.2, 0.25) is 0 Å². The molecule has 0 radical (unpaired) electrons. The van der Waals surface area contributed by atoms with E-state index in [-0.39, 0.29) is 25.4 Å². The molecular weight excluding hydrogens is 286 g/mol. The van der Waals surface area contributed by atoms with Gasteiger partial charge in [-0.05, 0) is 18.9 Å². The van der Waals surface area contributed by atoms with Gasteiger partial charge in [0.25, 0.3) is 0 Å². The lowest BCUT2D eigenvalue weighted by Crippen LogP contribution is -2.33. The minimum Gasteiger partial charge on any atom is -0.466 e. The van der Waals surface area contributed by atoms with Crippen molar-refractivity contribution >= 4 is 11.8 Å². The van der Waals surface area contributed by atoms with Crippen LogP contribution in [0.3, 0.4) is 0 Å². The van der Waals surface area contributed by atoms with E-state index >= 15 is 0 Å². The Hall–Kier alpha value is -1.59. The van der Waals surface area contributed by atoms with Crippen LogP contribution in [0.25, 0.3) is 10.4 Å². The van der Waals surface area contributed by atoms with Gasteiger partial charge in [-0.2, -0.15) is 0 Å². The zero-order valence-corrected chi connectivity index (χ0v) is 13.8. The minimum absolute atomic E-state index is 0.0833. The molecule has 0 aromatic carbocycles. The van der Waals surface area contributed by atoms with Crippen molar-refractivity contribution in [3.8, 4) is 0 Å². The SMILES string of the molecule is CCCCCC[C@H](C(=O)CC(=O)OCC)[C@@H](CN=[N+]=[N-])OC. The summed E-state index contributed by atoms with van der Waals surface area (Å²) >= 11 is 0. The Bertz CT molecular complexity index is 381. The van der Waals surface area contributed by atoms with Crippen molar-refractivity contribution in [1.29, 1.82) is 0 Å². The lowest BCUT2D eigenvalue weighted by molar-refractivity contribution is -0.147. The fourth-order valence-electron chi connectivity index (χ4n) is 2.31. The van der Waals surface area contributed by atoms with E-state index in [0.717, 1.165) is 25.7 Å². The second-order valence-corrected chi connectivity index (χ2v) is 5.09. The van der Waals surface area contributed by atoms with Gasteiger partial charge < -0.3 is 9.47 Å². The maximum Gasteiger partial charge on any atom is 0.313 e. The monoisotopic (exact) mass is 313 g/mol. The molecule has 0 bridgehead atoms. The highest BCUT2D eigenvalue weighted by Gasteiger charge is 2.29. The Morgan fingerprint density at radius 2 is 1.95 bits per heavy atom. The fraction of sp³-hybridized carbons (Fsp3) is 0.867. The summed E-state index contributed by atoms with van der Waals surface area (Å²) in [5.41, 5.74) is 8.44. The van der Waals surface area contributed by atoms with Crippen LogP contribution in [-0.2, 0) is 19.1 Å². The molecule has 0 rings (SSSR count). The molecule has 0 fully saturated rings. The van der Waals surface area contributed by atoms with E-state index in [0.29, 0.717) is 6.42 Å². The number of ketones is 1. The first-order valence-electron chi connectivity index (χ1n) is 7.82. The molecule has 7 heteroatoms. The number of Topliss-reactive ketones (excluding diaryl/α,β-unsaturated/α-hetero) is 1. The van der Waals surface area contributed by atoms with E-state index in [1.54, 1.807) is 6.92 Å². The molecule has 0 saturated heterocycles. The van der Waals surface area contributed by atoms with E-state index in [1.165, 1.54) is 7.11 Å². The van der Waals surface area contributed by atoms with Gasteiger partial charge in [0.15, 0.2) is 0 Å². The smallest absolute Gasteiger partial charge is 0.313 e. The van der Waals surface area contributed by atoms with E-state index in [4.69, 9.17) is 15.0 Å². The van der Waals surface area contributed by atoms with Crippen LogP contribution in [0.4, 0.5) is 0 Å². The van der Waals surface area contributed by atoms with Gasteiger partial charge in [0.05, 0.1) is 19.3 Å². The summed E-state index contributed by atoms with van der Waals surface area (Å²) in [5.74, 6) is -1.18. The van der Waals surface area contributed by atoms with Crippen molar-refractivity contribution < 1.29 is 19.1 Å². The predicted molar refractivity (Wildman–Crippen MR) is 83.3 cm³/mol. The summed E-state index contributed by atoms with van der Waals surface area (Å²) in [7, 11) is 1.48. The Morgan fingerprint density at radius 1 is 1.23 bits per heavy atom. The number of carbonyl (C=O) groups is 2. The molecule has 22 heavy (non-hydrogen) atoms. The van der Waals surface area contributed by atoms with Crippen LogP contribution in [-0.4, -0.2) is 38.1 Å². The maximum atomic E-state index is 12.3. The minimum atomic E-state index is -0.523. The number of azide groups is 1. The zero-order chi connectivity index (χ0) is 16.8. The molecular formula is C15H27N3O4. The molecule has 0 heterocycles. The number of unbranched alkanes of at least 4 members (excludes halogenated alkanes) is 3. The quantitative estimate of drug-likeness (QED) is 0.130. The molecule has 0 aliphatic carbocycles. The molecule has 0 N–H and O–H groups in total. The lowest BCUT2D eigenvalue weighted by Gasteiger charge is -2.23. The Balaban J connectivity index is 4.76. The fourth-order valence-corrected chi connectivity index (χ4v) is 2.31. The molecule has 0 aliphatic heterocycles. The van der Waals surface area contributed by atoms with Gasteiger partial charge in [0.2, 0.25) is 0 Å². The van der Waals surface area contributed by atoms with E-state index < -0.39 is 18.0 Å². The van der Waals surface area contributed by atoms with Gasteiger partial charge in [-0.25, -0.2) is 0 Å². The van der Waals surface area contributed by atoms with E-state index in [9.17, 15) is 9.59 Å². The summed E-state index contributed by atoms with van der Waals surface area (Å²) in [4.78, 5) is 26.5. The van der Waals surface area contributed by atoms with Crippen molar-refractivity contribution in [2.75, 3.05) is 20.3 Å². The normalized spacial score (nSPS) is 13.0. The Morgan fingerprint density at radius 3 is 2.50 bits per heavy atom. The molecule has 0 saturated carbocycles. The molecule has 0 aliphatic rings. The lowest BCUT2D eigenvalue weighted by atomic mass is 9.89. The predicted octanol–water partition coefficient (Wildman–Crippen LogP) is 3.42. The van der Waals surface area contributed by atoms with Crippen LogP contribution in [0.5, 0.6) is 0 Å². The second-order valence-electron chi connectivity index (χ2n) is 5.09. The summed E-state index contributed by atoms with van der Waals surface area (Å²) in [6.07, 6.45) is 3.97. The molecule has 126 valence electrons. The standard InChI is InChI=1S/C15H27N3O4/c1-4-6-7-8-9-12(14(21-3)11-17-18-16)13(19)10-15(20)22-5-2/h12,14H,4-11H2,1-3H3/t12-,14-/m1/s1. The van der Waals surface area contributed by atoms with Gasteiger partial charge in [-0.15, -0.1) is 0 Å². The van der Waals surface area contributed by atoms with Gasteiger partial charge in [-0.1, -0.05) is 37.7 Å². The maximum absolute atomic E-state index is 12.3. The number of carbonyl (C=O) groups excluding carboxylic acids is 2. The van der Waals surface area contributed by atoms with Crippen LogP contribution >= 0.6 is 0 Å². The largest absolute Gasteiger partial charge is 0.466 e. The van der Waals surface area contributed by atoms with Crippen LogP contribution in [0.15, 0.2) is 5.11 Å². The van der Waals surface area contributed by atoms with Crippen molar-refractivity contribution in [3.63, 3.8) is 0 Å². The average Bonchev–Trinajstić information content (AvgIpc) is 2.49. The average molecular weight is 313 g/mol. The third-order valence-corrected chi connectivity index (χ3v) is 3.48. The number of esters is 1. The van der Waals surface area contributed by atoms with E-state index in [1.807, 2.05) is 0 Å². The van der Waals surface area contributed by atoms with Gasteiger partial charge >= 0.3 is 5.97 Å². The Kier molecular flexibility index (Phi) is 12.2. The third kappa shape index (κ3) is 8.64. The van der Waals surface area contributed by atoms with E-state index in [2.05, 4.69) is 16.9 Å². The second kappa shape index (κ2) is 13.1. The highest BCUT2D eigenvalue weighted by molar-refractivity contribution is 5.97. The molecule has 0 aromatic rings. The third-order valence-electron chi connectivity index (χ3n) is 3.48. The first-order valence-corrected chi connectivity index (χ1v) is 7.82. The molecule has 0 aromatic heterocycles. The molecule has 0 unspecified atom stereocenters. The highest BCUT2D eigenvalue weighted by atomic mass is 16.5. The van der Waals surface area contributed by atoms with Gasteiger partial charge in [0.1, 0.15) is 12.2 Å². The van der Waals surface area contributed by atoms with Crippen molar-refractivity contribution in [3.05, 3.63) is 10.4 Å². The number of ether oxygens (including phenoxy) is 2. The number of nitrogens with zero attached hydrogens (tertiary/aromatic N) is 3. The summed E-state index contributed by atoms with van der Waals surface area (Å²) < 4.78 is 10.1. The number of hydrogen-bond donors (Lipinski definition) is 0. The topological polar surface area (TPSA) is 101 Å². The van der Waals surface area contributed by atoms with Crippen LogP contribution in [0, 0.1) is 5.92 Å². The molecule has 2 atom stereocenters. The van der Waals surface area contributed by atoms with Crippen LogP contribution in [0.1, 0.15) is 52.4 Å². The molecule has 0 spiro atoms. The summed E-state index contributed by atoms with van der Waals surface area (Å²) in [5, 5.41) is 3.49. The highest BCUT2D eigenvalue weighted by Crippen LogP contribution is 2.20. The molecule has 7 nitrogen and oxygen atoms in total. The number of hydrogen-bond acceptors (Lipinski definition) is 5. The van der Waals surface area contributed by atoms with Crippen molar-refractivity contribution in [2.45, 2.75) is 58.5 Å². The number of methoxy groups -OCH3 is 1. The van der Waals surface area contributed by atoms with Crippen molar-refractivity contribution in [1.82, 2.24) is 0 Å². The van der Waals surface area contributed by atoms with Gasteiger partial charge in [0, 0.05) is 17.9 Å². The zero-order valence-electron chi connectivity index (χ0n) is 13.8. The first-order chi connectivity index (χ1) is 10.6. The first kappa shape index (κ1) is 20.4. The van der Waals surface area contributed by atoms with Gasteiger partial charge in [-0.3, -0.25) is 9.59 Å². The Labute approximate surface area is 132 Å². The summed E-state index contributed by atoms with van der Waals surface area (Å²) in [6, 6.07) is 0. The van der Waals surface area contributed by atoms with Crippen LogP contribution < -0.4 is 0 Å². The molecule has 0 amide bonds.